The summed E-state index contributed by atoms with van der Waals surface area (Å²) in [5, 5.41) is 2.10. The van der Waals surface area contributed by atoms with Crippen LogP contribution in [-0.4, -0.2) is 37.1 Å². The number of amides is 2. The summed E-state index contributed by atoms with van der Waals surface area (Å²) in [4.78, 5) is 22.9. The fraction of sp³-hybridized carbons (Fsp3) is 0.333. The second-order valence-electron chi connectivity index (χ2n) is 3.83. The number of halogens is 2. The topological polar surface area (TPSA) is 83.6 Å². The molecular formula is C9H8Br2N2O4S2. The zero-order valence-corrected chi connectivity index (χ0v) is 14.3. The Morgan fingerprint density at radius 1 is 1.42 bits per heavy atom. The molecule has 2 rings (SSSR count). The minimum atomic E-state index is -3.90. The lowest BCUT2D eigenvalue weighted by molar-refractivity contribution is -0.136. The van der Waals surface area contributed by atoms with E-state index in [1.54, 1.807) is 0 Å². The molecule has 0 spiro atoms. The molecule has 1 unspecified atom stereocenters. The summed E-state index contributed by atoms with van der Waals surface area (Å²) in [5.74, 6) is -1.25. The molecule has 0 saturated carbocycles. The number of nitrogens with zero attached hydrogens (tertiary/aromatic N) is 1. The summed E-state index contributed by atoms with van der Waals surface area (Å²) in [7, 11) is -3.90. The average Bonchev–Trinajstić information content (AvgIpc) is 2.63. The first-order valence-corrected chi connectivity index (χ1v) is 8.88. The van der Waals surface area contributed by atoms with E-state index in [1.807, 2.05) is 0 Å². The van der Waals surface area contributed by atoms with Gasteiger partial charge in [-0.15, -0.1) is 11.3 Å². The third-order valence-electron chi connectivity index (χ3n) is 2.59. The standard InChI is InChI=1S/C9H8Br2N2O4S2/c1-4-9(15)12-7(14)3-13(4)19(16,17)5-2-6(10)18-8(5)11/h2,4H,3H2,1H3,(H,12,14,15). The van der Waals surface area contributed by atoms with E-state index in [4.69, 9.17) is 0 Å². The van der Waals surface area contributed by atoms with Gasteiger partial charge in [0.2, 0.25) is 21.8 Å². The van der Waals surface area contributed by atoms with Crippen LogP contribution < -0.4 is 5.32 Å². The van der Waals surface area contributed by atoms with Crippen LogP contribution in [-0.2, 0) is 19.6 Å². The van der Waals surface area contributed by atoms with Gasteiger partial charge in [0, 0.05) is 0 Å². The monoisotopic (exact) mass is 430 g/mol. The zero-order chi connectivity index (χ0) is 14.4. The molecule has 0 bridgehead atoms. The molecule has 1 N–H and O–H groups in total. The van der Waals surface area contributed by atoms with Crippen LogP contribution in [0.1, 0.15) is 6.92 Å². The maximum absolute atomic E-state index is 12.5. The van der Waals surface area contributed by atoms with Gasteiger partial charge in [-0.25, -0.2) is 8.42 Å². The van der Waals surface area contributed by atoms with Gasteiger partial charge in [-0.05, 0) is 44.8 Å². The number of nitrogens with one attached hydrogen (secondary N) is 1. The molecule has 6 nitrogen and oxygen atoms in total. The fourth-order valence-corrected chi connectivity index (χ4v) is 6.92. The number of rotatable bonds is 2. The second kappa shape index (κ2) is 5.24. The summed E-state index contributed by atoms with van der Waals surface area (Å²) < 4.78 is 26.9. The Morgan fingerprint density at radius 2 is 2.05 bits per heavy atom. The van der Waals surface area contributed by atoms with Crippen LogP contribution >= 0.6 is 43.2 Å². The van der Waals surface area contributed by atoms with Crippen molar-refractivity contribution in [3.8, 4) is 0 Å². The molecule has 0 aromatic carbocycles. The highest BCUT2D eigenvalue weighted by atomic mass is 79.9. The minimum Gasteiger partial charge on any atom is -0.294 e. The molecule has 2 heterocycles. The van der Waals surface area contributed by atoms with E-state index < -0.39 is 27.9 Å². The lowest BCUT2D eigenvalue weighted by atomic mass is 10.2. The molecule has 1 aromatic rings. The molecular weight excluding hydrogens is 424 g/mol. The Hall–Kier alpha value is -0.290. The second-order valence-corrected chi connectivity index (χ2v) is 9.44. The number of hydrogen-bond acceptors (Lipinski definition) is 5. The van der Waals surface area contributed by atoms with Crippen LogP contribution in [0, 0.1) is 0 Å². The Labute approximate surface area is 130 Å². The maximum Gasteiger partial charge on any atom is 0.246 e. The lowest BCUT2D eigenvalue weighted by Crippen LogP contribution is -2.58. The fourth-order valence-electron chi connectivity index (χ4n) is 1.61. The highest BCUT2D eigenvalue weighted by molar-refractivity contribution is 9.12. The first-order chi connectivity index (χ1) is 8.73. The number of piperazine rings is 1. The van der Waals surface area contributed by atoms with Gasteiger partial charge in [0.1, 0.15) is 10.9 Å². The normalized spacial score (nSPS) is 21.5. The van der Waals surface area contributed by atoms with E-state index in [2.05, 4.69) is 37.2 Å². The van der Waals surface area contributed by atoms with Crippen molar-refractivity contribution in [2.24, 2.45) is 0 Å². The zero-order valence-electron chi connectivity index (χ0n) is 9.51. The highest BCUT2D eigenvalue weighted by Crippen LogP contribution is 2.36. The van der Waals surface area contributed by atoms with Crippen LogP contribution in [0.25, 0.3) is 0 Å². The van der Waals surface area contributed by atoms with Crippen LogP contribution in [0.3, 0.4) is 0 Å². The predicted octanol–water partition coefficient (Wildman–Crippen LogP) is 1.31. The average molecular weight is 432 g/mol. The molecule has 1 atom stereocenters. The van der Waals surface area contributed by atoms with Crippen molar-refractivity contribution < 1.29 is 18.0 Å². The van der Waals surface area contributed by atoms with Crippen molar-refractivity contribution in [3.05, 3.63) is 13.6 Å². The number of hydrogen-bond donors (Lipinski definition) is 1. The van der Waals surface area contributed by atoms with Gasteiger partial charge < -0.3 is 0 Å². The Kier molecular flexibility index (Phi) is 4.17. The third kappa shape index (κ3) is 2.77. The van der Waals surface area contributed by atoms with Gasteiger partial charge in [-0.3, -0.25) is 14.9 Å². The third-order valence-corrected chi connectivity index (χ3v) is 7.26. The first-order valence-electron chi connectivity index (χ1n) is 5.04. The van der Waals surface area contributed by atoms with Gasteiger partial charge in [0.25, 0.3) is 0 Å². The van der Waals surface area contributed by atoms with Crippen LogP contribution in [0.5, 0.6) is 0 Å². The smallest absolute Gasteiger partial charge is 0.246 e. The molecule has 1 aromatic heterocycles. The van der Waals surface area contributed by atoms with Crippen molar-refractivity contribution in [2.75, 3.05) is 6.54 Å². The van der Waals surface area contributed by atoms with Gasteiger partial charge >= 0.3 is 0 Å². The van der Waals surface area contributed by atoms with Crippen molar-refractivity contribution >= 4 is 65.0 Å². The number of carbonyl (C=O) groups excluding carboxylic acids is 2. The highest BCUT2D eigenvalue weighted by Gasteiger charge is 2.40. The van der Waals surface area contributed by atoms with Crippen LogP contribution in [0.2, 0.25) is 0 Å². The molecule has 1 aliphatic heterocycles. The van der Waals surface area contributed by atoms with Crippen LogP contribution in [0.4, 0.5) is 0 Å². The Morgan fingerprint density at radius 3 is 2.58 bits per heavy atom. The lowest BCUT2D eigenvalue weighted by Gasteiger charge is -2.30. The molecule has 104 valence electrons. The Bertz CT molecular complexity index is 655. The number of carbonyl (C=O) groups is 2. The summed E-state index contributed by atoms with van der Waals surface area (Å²) in [6, 6.07) is 0.515. The molecule has 2 amide bonds. The molecule has 0 radical (unpaired) electrons. The molecule has 10 heteroatoms. The predicted molar refractivity (Wildman–Crippen MR) is 76.2 cm³/mol. The van der Waals surface area contributed by atoms with Crippen molar-refractivity contribution in [1.82, 2.24) is 9.62 Å². The summed E-state index contributed by atoms with van der Waals surface area (Å²) >= 11 is 7.57. The first kappa shape index (κ1) is 15.1. The van der Waals surface area contributed by atoms with Gasteiger partial charge in [0.05, 0.1) is 14.1 Å². The quantitative estimate of drug-likeness (QED) is 0.715. The summed E-state index contributed by atoms with van der Waals surface area (Å²) in [6.45, 7) is 1.07. The summed E-state index contributed by atoms with van der Waals surface area (Å²) in [6.07, 6.45) is 0. The minimum absolute atomic E-state index is 0.0405. The SMILES string of the molecule is CC1C(=O)NC(=O)CN1S(=O)(=O)c1cc(Br)sc1Br. The van der Waals surface area contributed by atoms with Gasteiger partial charge in [-0.1, -0.05) is 0 Å². The Balaban J connectivity index is 2.47. The van der Waals surface area contributed by atoms with E-state index in [0.717, 1.165) is 4.31 Å². The summed E-state index contributed by atoms with van der Waals surface area (Å²) in [5.41, 5.74) is 0. The molecule has 19 heavy (non-hydrogen) atoms. The molecule has 0 aliphatic carbocycles. The van der Waals surface area contributed by atoms with E-state index in [9.17, 15) is 18.0 Å². The van der Waals surface area contributed by atoms with Gasteiger partial charge in [0.15, 0.2) is 0 Å². The van der Waals surface area contributed by atoms with E-state index in [1.165, 1.54) is 24.3 Å². The molecule has 1 aliphatic rings. The molecule has 1 fully saturated rings. The number of imide groups is 1. The van der Waals surface area contributed by atoms with Gasteiger partial charge in [-0.2, -0.15) is 4.31 Å². The number of thiophene rings is 1. The molecule has 1 saturated heterocycles. The van der Waals surface area contributed by atoms with Crippen molar-refractivity contribution in [2.45, 2.75) is 17.9 Å². The van der Waals surface area contributed by atoms with Crippen LogP contribution in [0.15, 0.2) is 18.5 Å². The largest absolute Gasteiger partial charge is 0.294 e. The maximum atomic E-state index is 12.5. The van der Waals surface area contributed by atoms with E-state index in [0.29, 0.717) is 7.57 Å². The van der Waals surface area contributed by atoms with Crippen molar-refractivity contribution in [1.29, 1.82) is 0 Å². The van der Waals surface area contributed by atoms with E-state index >= 15 is 0 Å². The van der Waals surface area contributed by atoms with Crippen molar-refractivity contribution in [3.63, 3.8) is 0 Å². The van der Waals surface area contributed by atoms with E-state index in [-0.39, 0.29) is 11.4 Å². The number of sulfonamides is 1.